The third-order valence-corrected chi connectivity index (χ3v) is 36.9. The first-order valence-corrected chi connectivity index (χ1v) is 58.2. The number of alkyl halides is 4. The Bertz CT molecular complexity index is 4520. The number of benzene rings is 5. The van der Waals surface area contributed by atoms with E-state index < -0.39 is 118 Å². The maximum atomic E-state index is 13.7. The van der Waals surface area contributed by atoms with Gasteiger partial charge in [-0.3, -0.25) is 0 Å². The summed E-state index contributed by atoms with van der Waals surface area (Å²) in [5.74, 6) is -6.77. The summed E-state index contributed by atoms with van der Waals surface area (Å²) in [4.78, 5) is 85.1. The van der Waals surface area contributed by atoms with Crippen LogP contribution in [0.4, 0.5) is 27.2 Å². The van der Waals surface area contributed by atoms with Crippen molar-refractivity contribution < 1.29 is 170 Å². The van der Waals surface area contributed by atoms with Gasteiger partial charge < -0.3 is 75.8 Å². The first-order chi connectivity index (χ1) is 70.0. The van der Waals surface area contributed by atoms with Gasteiger partial charge in [0.05, 0.1) is 66.1 Å². The molecule has 0 amide bonds. The number of hydrogen-bond donors (Lipinski definition) is 0. The van der Waals surface area contributed by atoms with Crippen molar-refractivity contribution in [3.8, 4) is 0 Å². The molecular weight excluding hydrogens is 2110 g/mol. The van der Waals surface area contributed by atoms with Gasteiger partial charge in [-0.2, -0.15) is 121 Å². The molecule has 8 bridgehead atoms. The standard InChI is InChI=1S/2C32H46F2O9.C20H26I.C14H21OS.2C6H5.C4H8OS.2CO2.Cu/c2*1-28(33,34)26(35)37-20-29-13-21-12-22(14-29)16-30(15-21,19-29)43-27(36)40-25(23-17-38-31(41-23)8-4-2-5-9-31)24-18-39-32(42-24)10-6-3-7-11-32;1-19(2,3)15-7-11-17(12-8-15)21-18-13-9-16(10-14-18)20(4,5)6;1-14(2,3)12-4-6-13(7-5-12)16-10-8-15-9-11-16;2*1-2-4-6-5-3-1;1-3-6-4-2-5-1;2*2-1-3;/h2*21-25H,2-20H2,1H3;7-14H,1-6H3;4-7H,8-11H2,1-3H3;2*1-5H;1-4H2;;;/q;;2*+1;2*-1;;;;+2. The molecule has 5 aromatic rings. The van der Waals surface area contributed by atoms with Gasteiger partial charge >= 0.3 is 86.7 Å². The van der Waals surface area contributed by atoms with Crippen LogP contribution in [0, 0.1) is 53.8 Å². The Morgan fingerprint density at radius 3 is 0.939 bits per heavy atom. The van der Waals surface area contributed by atoms with E-state index in [1.54, 1.807) is 0 Å². The summed E-state index contributed by atoms with van der Waals surface area (Å²) in [6.07, 6.45) is 23.6. The molecule has 148 heavy (non-hydrogen) atoms. The SMILES string of the molecule is C1CSCCO1.CC(C)(C)c1ccc([I+]c2ccc(C(C)(C)C)cc2)cc1.CC(C)(C)c1ccc([S+]2CCOCC2)cc1.CC(F)(F)C(=O)OCC12CC3CC(C1)CC(OC(=O)OC(C1COC4(CCCCC4)O1)C1COC4(CCCCC4)O1)(C3)C2.CC(F)(F)C(=O)OCC12CC3CC(C1)CC(OC(=O)OC(C1COC4(CCCCC4)O1)C1COC4(CCCCC4)O1)(C3)C2.O=C=O.O=C=O.[Cu+2].[c-]1ccccc1.[c-]1ccccc1. The molecule has 12 aliphatic carbocycles. The third kappa shape index (κ3) is 34.8. The Morgan fingerprint density at radius 1 is 0.412 bits per heavy atom. The van der Waals surface area contributed by atoms with Crippen LogP contribution in [0.15, 0.2) is 138 Å². The number of halogens is 5. The van der Waals surface area contributed by atoms with Crippen LogP contribution in [0.5, 0.6) is 0 Å². The van der Waals surface area contributed by atoms with Crippen molar-refractivity contribution in [2.45, 2.75) is 386 Å². The van der Waals surface area contributed by atoms with Crippen molar-refractivity contribution in [2.75, 3.05) is 89.1 Å². The van der Waals surface area contributed by atoms with Gasteiger partial charge in [-0.25, -0.2) is 19.2 Å². The fraction of sp³-hybridized carbons (Fsp3) is 0.690. The zero-order chi connectivity index (χ0) is 105. The minimum atomic E-state index is -3.54. The molecule has 5 aromatic carbocycles. The first-order valence-electron chi connectivity index (χ1n) is 53.4. The fourth-order valence-corrected chi connectivity index (χ4v) is 29.6. The molecule has 12 saturated carbocycles. The van der Waals surface area contributed by atoms with Gasteiger partial charge in [0.15, 0.2) is 47.4 Å². The maximum absolute atomic E-state index is 13.7. The minimum absolute atomic E-state index is 0. The van der Waals surface area contributed by atoms with E-state index >= 15 is 0 Å². The number of ether oxygens (including phenoxy) is 16. The number of hydrogen-bond acceptors (Lipinski definition) is 25. The van der Waals surface area contributed by atoms with Crippen molar-refractivity contribution in [2.24, 2.45) is 34.5 Å². The second-order valence-corrected chi connectivity index (χ2v) is 52.8. The molecule has 6 saturated heterocycles. The van der Waals surface area contributed by atoms with Crippen LogP contribution in [0.2, 0.25) is 0 Å². The van der Waals surface area contributed by atoms with Crippen LogP contribution in [0.3, 0.4) is 0 Å². The molecule has 0 N–H and O–H groups in total. The van der Waals surface area contributed by atoms with E-state index in [9.17, 15) is 36.7 Å². The molecule has 8 unspecified atom stereocenters. The number of carbonyl (C=O) groups excluding carboxylic acids is 8. The average molecular weight is 2270 g/mol. The Kier molecular flexibility index (Phi) is 44.1. The van der Waals surface area contributed by atoms with Gasteiger partial charge in [0.2, 0.25) is 0 Å². The summed E-state index contributed by atoms with van der Waals surface area (Å²) in [7, 11) is 0.432. The van der Waals surface area contributed by atoms with E-state index in [-0.39, 0.29) is 104 Å². The quantitative estimate of drug-likeness (QED) is 0.0159. The summed E-state index contributed by atoms with van der Waals surface area (Å²) in [5.41, 5.74) is 2.49. The second-order valence-electron chi connectivity index (χ2n) is 46.3. The monoisotopic (exact) mass is 2260 g/mol. The van der Waals surface area contributed by atoms with E-state index in [0.717, 1.165) is 193 Å². The zero-order valence-corrected chi connectivity index (χ0v) is 93.0. The second kappa shape index (κ2) is 54.3. The third-order valence-electron chi connectivity index (χ3n) is 31.1. The molecule has 18 aliphatic rings. The maximum Gasteiger partial charge on any atom is 2.00 e. The van der Waals surface area contributed by atoms with E-state index in [1.165, 1.54) is 51.7 Å². The van der Waals surface area contributed by atoms with E-state index in [0.29, 0.717) is 89.7 Å². The van der Waals surface area contributed by atoms with Crippen molar-refractivity contribution >= 4 is 59.2 Å². The smallest absolute Gasteiger partial charge is 0.461 e. The van der Waals surface area contributed by atoms with Gasteiger partial charge in [0, 0.05) is 98.4 Å². The van der Waals surface area contributed by atoms with Crippen LogP contribution in [0.25, 0.3) is 0 Å². The predicted octanol–water partition coefficient (Wildman–Crippen LogP) is 20.3. The minimum Gasteiger partial charge on any atom is -0.461 e. The molecule has 23 rings (SSSR count). The summed E-state index contributed by atoms with van der Waals surface area (Å²) in [6.45, 7) is 26.3. The Hall–Kier alpha value is -6.39. The average Bonchev–Trinajstić information content (AvgIpc) is 1.06. The molecule has 24 nitrogen and oxygen atoms in total. The number of thioether (sulfide) groups is 1. The van der Waals surface area contributed by atoms with Crippen molar-refractivity contribution in [1.29, 1.82) is 0 Å². The molecule has 8 atom stereocenters. The Labute approximate surface area is 901 Å². The summed E-state index contributed by atoms with van der Waals surface area (Å²) in [6, 6.07) is 52.6. The topological polar surface area (TPSA) is 284 Å². The summed E-state index contributed by atoms with van der Waals surface area (Å²) >= 11 is 1.90. The predicted molar refractivity (Wildman–Crippen MR) is 540 cm³/mol. The summed E-state index contributed by atoms with van der Waals surface area (Å²) in [5, 5.41) is 0. The molecule has 6 aliphatic heterocycles. The van der Waals surface area contributed by atoms with E-state index in [2.05, 4.69) is 147 Å². The van der Waals surface area contributed by atoms with Crippen LogP contribution < -0.4 is 21.2 Å². The Balaban J connectivity index is 0.000000170. The van der Waals surface area contributed by atoms with Crippen LogP contribution in [0.1, 0.15) is 298 Å². The molecule has 32 heteroatoms. The first kappa shape index (κ1) is 120. The van der Waals surface area contributed by atoms with Crippen LogP contribution >= 0.6 is 11.8 Å². The van der Waals surface area contributed by atoms with E-state index in [4.69, 9.17) is 95.0 Å². The number of carbonyl (C=O) groups is 4. The molecule has 6 heterocycles. The number of esters is 2. The number of rotatable bonds is 17. The molecular formula is C116H157CuF4IO24S2+2. The van der Waals surface area contributed by atoms with Gasteiger partial charge in [0.1, 0.15) is 47.1 Å². The van der Waals surface area contributed by atoms with Crippen molar-refractivity contribution in [1.82, 2.24) is 0 Å². The van der Waals surface area contributed by atoms with Gasteiger partial charge in [-0.1, -0.05) is 124 Å². The van der Waals surface area contributed by atoms with Crippen LogP contribution in [-0.2, 0) is 149 Å². The fourth-order valence-electron chi connectivity index (χ4n) is 25.0. The molecule has 821 valence electrons. The van der Waals surface area contributed by atoms with Crippen LogP contribution in [-0.4, -0.2) is 208 Å². The Morgan fingerprint density at radius 2 is 0.696 bits per heavy atom. The van der Waals surface area contributed by atoms with Crippen molar-refractivity contribution in [3.63, 3.8) is 0 Å². The van der Waals surface area contributed by atoms with E-state index in [1.807, 2.05) is 72.4 Å². The van der Waals surface area contributed by atoms with Crippen molar-refractivity contribution in [3.05, 3.63) is 169 Å². The molecule has 1 radical (unpaired) electrons. The van der Waals surface area contributed by atoms with Gasteiger partial charge in [-0.15, -0.1) is 0 Å². The van der Waals surface area contributed by atoms with Gasteiger partial charge in [0.25, 0.3) is 0 Å². The molecule has 4 spiro atoms. The molecule has 18 fully saturated rings. The van der Waals surface area contributed by atoms with Gasteiger partial charge in [-0.05, 0) is 221 Å². The summed E-state index contributed by atoms with van der Waals surface area (Å²) < 4.78 is 154. The largest absolute Gasteiger partial charge is 2.00 e. The normalized spacial score (nSPS) is 28.8. The molecule has 0 aromatic heterocycles. The zero-order valence-electron chi connectivity index (χ0n) is 88.3.